The van der Waals surface area contributed by atoms with Crippen molar-refractivity contribution in [1.29, 1.82) is 0 Å². The highest BCUT2D eigenvalue weighted by molar-refractivity contribution is 4.87. The molecule has 2 rings (SSSR count). The first kappa shape index (κ1) is 8.52. The van der Waals surface area contributed by atoms with Crippen molar-refractivity contribution >= 4 is 0 Å². The van der Waals surface area contributed by atoms with Gasteiger partial charge < -0.3 is 10.6 Å². The Morgan fingerprint density at radius 3 is 1.92 bits per heavy atom. The van der Waals surface area contributed by atoms with Crippen LogP contribution in [0.15, 0.2) is 0 Å². The number of nitrogens with one attached hydrogen (secondary N) is 2. The van der Waals surface area contributed by atoms with Crippen LogP contribution in [0.4, 0.5) is 0 Å². The van der Waals surface area contributed by atoms with Crippen molar-refractivity contribution in [2.24, 2.45) is 17.8 Å². The Morgan fingerprint density at radius 1 is 0.917 bits per heavy atom. The second-order valence-corrected chi connectivity index (χ2v) is 4.74. The van der Waals surface area contributed by atoms with E-state index in [1.165, 1.54) is 25.9 Å². The van der Waals surface area contributed by atoms with Crippen LogP contribution in [0.25, 0.3) is 0 Å². The summed E-state index contributed by atoms with van der Waals surface area (Å²) in [4.78, 5) is 0. The lowest BCUT2D eigenvalue weighted by Gasteiger charge is -2.42. The molecule has 0 aliphatic carbocycles. The van der Waals surface area contributed by atoms with E-state index in [-0.39, 0.29) is 0 Å². The van der Waals surface area contributed by atoms with Crippen LogP contribution in [-0.4, -0.2) is 19.3 Å². The van der Waals surface area contributed by atoms with Gasteiger partial charge in [0.2, 0.25) is 0 Å². The lowest BCUT2D eigenvalue weighted by Crippen LogP contribution is -2.57. The predicted octanol–water partition coefficient (Wildman–Crippen LogP) is 1.19. The summed E-state index contributed by atoms with van der Waals surface area (Å²) in [6, 6.07) is 0. The largest absolute Gasteiger partial charge is 0.301 e. The van der Waals surface area contributed by atoms with Gasteiger partial charge in [-0.1, -0.05) is 13.8 Å². The van der Waals surface area contributed by atoms with Gasteiger partial charge in [0.15, 0.2) is 0 Å². The van der Waals surface area contributed by atoms with Gasteiger partial charge in [-0.3, -0.25) is 0 Å². The molecule has 2 heteroatoms. The van der Waals surface area contributed by atoms with Gasteiger partial charge in [0.1, 0.15) is 0 Å². The molecule has 70 valence electrons. The van der Waals surface area contributed by atoms with E-state index in [9.17, 15) is 0 Å². The van der Waals surface area contributed by atoms with Crippen molar-refractivity contribution in [3.05, 3.63) is 0 Å². The van der Waals surface area contributed by atoms with Crippen molar-refractivity contribution in [2.45, 2.75) is 32.9 Å². The van der Waals surface area contributed by atoms with Gasteiger partial charge in [-0.05, 0) is 43.7 Å². The minimum Gasteiger partial charge on any atom is -0.301 e. The molecule has 2 nitrogen and oxygen atoms in total. The zero-order chi connectivity index (χ0) is 8.55. The molecule has 0 aromatic carbocycles. The molecule has 2 unspecified atom stereocenters. The van der Waals surface area contributed by atoms with Crippen LogP contribution in [-0.2, 0) is 0 Å². The summed E-state index contributed by atoms with van der Waals surface area (Å²) < 4.78 is 0. The zero-order valence-corrected chi connectivity index (χ0v) is 8.14. The molecule has 0 aromatic heterocycles. The molecule has 2 saturated heterocycles. The Bertz CT molecular complexity index is 142. The molecule has 2 aliphatic rings. The van der Waals surface area contributed by atoms with E-state index < -0.39 is 0 Å². The van der Waals surface area contributed by atoms with E-state index in [0.29, 0.717) is 6.17 Å². The third-order valence-corrected chi connectivity index (χ3v) is 3.25. The van der Waals surface area contributed by atoms with Crippen molar-refractivity contribution < 1.29 is 0 Å². The maximum atomic E-state index is 3.58. The monoisotopic (exact) mass is 168 g/mol. The standard InChI is InChI=1S/C10H20N2/c1-7-3-9-4-8(2)6-12-10(9)11-5-7/h7-12H,3-6H2,1-2H3. The fourth-order valence-electron chi connectivity index (χ4n) is 2.63. The van der Waals surface area contributed by atoms with Crippen LogP contribution in [0.5, 0.6) is 0 Å². The zero-order valence-electron chi connectivity index (χ0n) is 8.14. The summed E-state index contributed by atoms with van der Waals surface area (Å²) in [5.74, 6) is 2.63. The smallest absolute Gasteiger partial charge is 0.0601 e. The Morgan fingerprint density at radius 2 is 1.42 bits per heavy atom. The molecular formula is C10H20N2. The fourth-order valence-corrected chi connectivity index (χ4v) is 2.63. The van der Waals surface area contributed by atoms with Gasteiger partial charge in [0.25, 0.3) is 0 Å². The highest BCUT2D eigenvalue weighted by atomic mass is 15.1. The highest BCUT2D eigenvalue weighted by Gasteiger charge is 2.32. The van der Waals surface area contributed by atoms with E-state index >= 15 is 0 Å². The van der Waals surface area contributed by atoms with Gasteiger partial charge in [-0.25, -0.2) is 0 Å². The number of rotatable bonds is 0. The van der Waals surface area contributed by atoms with E-state index in [1.807, 2.05) is 0 Å². The number of hydrogen-bond acceptors (Lipinski definition) is 2. The number of fused-ring (bicyclic) bond motifs is 1. The summed E-state index contributed by atoms with van der Waals surface area (Å²) in [7, 11) is 0. The number of piperidine rings is 2. The molecule has 0 bridgehead atoms. The van der Waals surface area contributed by atoms with Crippen LogP contribution >= 0.6 is 0 Å². The normalized spacial score (nSPS) is 48.5. The minimum absolute atomic E-state index is 0.623. The van der Waals surface area contributed by atoms with Crippen LogP contribution in [0.1, 0.15) is 26.7 Å². The van der Waals surface area contributed by atoms with Crippen LogP contribution in [0.2, 0.25) is 0 Å². The summed E-state index contributed by atoms with van der Waals surface area (Å²) >= 11 is 0. The minimum atomic E-state index is 0.623. The molecule has 0 amide bonds. The number of hydrogen-bond donors (Lipinski definition) is 2. The molecule has 0 aromatic rings. The Labute approximate surface area is 75.1 Å². The molecule has 2 atom stereocenters. The summed E-state index contributed by atoms with van der Waals surface area (Å²) in [6.07, 6.45) is 3.45. The van der Waals surface area contributed by atoms with Crippen LogP contribution < -0.4 is 10.6 Å². The van der Waals surface area contributed by atoms with Crippen molar-refractivity contribution in [3.8, 4) is 0 Å². The van der Waals surface area contributed by atoms with E-state index in [2.05, 4.69) is 24.5 Å². The topological polar surface area (TPSA) is 24.1 Å². The van der Waals surface area contributed by atoms with Crippen LogP contribution in [0, 0.1) is 17.8 Å². The third-order valence-electron chi connectivity index (χ3n) is 3.25. The Balaban J connectivity index is 1.94. The second-order valence-electron chi connectivity index (χ2n) is 4.74. The SMILES string of the molecule is CC1CNC2NCC(C)CC2C1. The molecule has 0 saturated carbocycles. The third kappa shape index (κ3) is 1.64. The van der Waals surface area contributed by atoms with E-state index in [1.54, 1.807) is 0 Å². The first-order valence-electron chi connectivity index (χ1n) is 5.22. The quantitative estimate of drug-likeness (QED) is 0.567. The lowest BCUT2D eigenvalue weighted by atomic mass is 9.80. The summed E-state index contributed by atoms with van der Waals surface area (Å²) in [5.41, 5.74) is 0. The molecule has 2 N–H and O–H groups in total. The Kier molecular flexibility index (Phi) is 2.37. The summed E-state index contributed by atoms with van der Waals surface area (Å²) in [6.45, 7) is 7.09. The first-order valence-corrected chi connectivity index (χ1v) is 5.22. The van der Waals surface area contributed by atoms with Crippen molar-refractivity contribution in [2.75, 3.05) is 13.1 Å². The average Bonchev–Trinajstić information content (AvgIpc) is 2.03. The van der Waals surface area contributed by atoms with Gasteiger partial charge in [0.05, 0.1) is 6.17 Å². The fraction of sp³-hybridized carbons (Fsp3) is 1.00. The van der Waals surface area contributed by atoms with E-state index in [4.69, 9.17) is 0 Å². The molecule has 12 heavy (non-hydrogen) atoms. The van der Waals surface area contributed by atoms with Crippen molar-refractivity contribution in [1.82, 2.24) is 10.6 Å². The molecule has 0 radical (unpaired) electrons. The molecule has 2 aliphatic heterocycles. The van der Waals surface area contributed by atoms with Gasteiger partial charge >= 0.3 is 0 Å². The summed E-state index contributed by atoms with van der Waals surface area (Å²) in [5, 5.41) is 7.16. The average molecular weight is 168 g/mol. The molecule has 2 fully saturated rings. The predicted molar refractivity (Wildman–Crippen MR) is 50.8 cm³/mol. The van der Waals surface area contributed by atoms with Gasteiger partial charge in [0, 0.05) is 0 Å². The lowest BCUT2D eigenvalue weighted by molar-refractivity contribution is 0.131. The van der Waals surface area contributed by atoms with Crippen molar-refractivity contribution in [3.63, 3.8) is 0 Å². The van der Waals surface area contributed by atoms with Gasteiger partial charge in [-0.15, -0.1) is 0 Å². The maximum absolute atomic E-state index is 3.58. The highest BCUT2D eigenvalue weighted by Crippen LogP contribution is 2.28. The molecular weight excluding hydrogens is 148 g/mol. The first-order chi connectivity index (χ1) is 5.75. The maximum Gasteiger partial charge on any atom is 0.0601 e. The Hall–Kier alpha value is -0.0800. The second kappa shape index (κ2) is 3.35. The molecule has 2 heterocycles. The van der Waals surface area contributed by atoms with Crippen LogP contribution in [0.3, 0.4) is 0 Å². The molecule has 0 spiro atoms. The van der Waals surface area contributed by atoms with Gasteiger partial charge in [-0.2, -0.15) is 0 Å². The van der Waals surface area contributed by atoms with E-state index in [0.717, 1.165) is 17.8 Å².